The summed E-state index contributed by atoms with van der Waals surface area (Å²) < 4.78 is 27.2. The number of anilines is 1. The van der Waals surface area contributed by atoms with Gasteiger partial charge < -0.3 is 4.90 Å². The van der Waals surface area contributed by atoms with Crippen LogP contribution < -0.4 is 4.90 Å². The Kier molecular flexibility index (Phi) is 3.28. The minimum absolute atomic E-state index is 0.238. The molecular weight excluding hydrogens is 222 g/mol. The van der Waals surface area contributed by atoms with Gasteiger partial charge in [-0.2, -0.15) is 5.26 Å². The molecule has 1 aliphatic rings. The molecule has 1 fully saturated rings. The second-order valence-electron chi connectivity index (χ2n) is 4.38. The van der Waals surface area contributed by atoms with E-state index in [1.807, 2.05) is 4.90 Å². The molecule has 0 saturated carbocycles. The number of hydrogen-bond acceptors (Lipinski definition) is 2. The molecule has 90 valence electrons. The van der Waals surface area contributed by atoms with Crippen molar-refractivity contribution in [3.63, 3.8) is 0 Å². The standard InChI is InChI=1S/C13H14F2N2/c1-2-9-5-6-17(8-9)11-4-3-10(7-16)12(14)13(11)15/h3-4,9H,2,5-6,8H2,1H3. The highest BCUT2D eigenvalue weighted by Gasteiger charge is 2.25. The van der Waals surface area contributed by atoms with Gasteiger partial charge in [0.1, 0.15) is 6.07 Å². The topological polar surface area (TPSA) is 27.0 Å². The summed E-state index contributed by atoms with van der Waals surface area (Å²) in [6.07, 6.45) is 2.06. The molecule has 1 atom stereocenters. The van der Waals surface area contributed by atoms with E-state index in [-0.39, 0.29) is 11.3 Å². The maximum atomic E-state index is 13.8. The normalized spacial score (nSPS) is 19.4. The first kappa shape index (κ1) is 11.8. The van der Waals surface area contributed by atoms with Gasteiger partial charge in [0.15, 0.2) is 11.6 Å². The quantitative estimate of drug-likeness (QED) is 0.789. The third-order valence-corrected chi connectivity index (χ3v) is 3.39. The minimum atomic E-state index is -1.04. The summed E-state index contributed by atoms with van der Waals surface area (Å²) in [5.74, 6) is -1.39. The van der Waals surface area contributed by atoms with Crippen LogP contribution in [0.3, 0.4) is 0 Å². The fourth-order valence-electron chi connectivity index (χ4n) is 2.25. The second-order valence-corrected chi connectivity index (χ2v) is 4.38. The van der Waals surface area contributed by atoms with Crippen LogP contribution in [0.4, 0.5) is 14.5 Å². The molecule has 0 aliphatic carbocycles. The lowest BCUT2D eigenvalue weighted by atomic mass is 10.1. The largest absolute Gasteiger partial charge is 0.369 e. The number of rotatable bonds is 2. The number of nitrogens with zero attached hydrogens (tertiary/aromatic N) is 2. The highest BCUT2D eigenvalue weighted by atomic mass is 19.2. The molecule has 1 heterocycles. The van der Waals surface area contributed by atoms with Gasteiger partial charge in [0.05, 0.1) is 11.3 Å². The van der Waals surface area contributed by atoms with Crippen LogP contribution in [0.25, 0.3) is 0 Å². The van der Waals surface area contributed by atoms with Crippen LogP contribution in [0.5, 0.6) is 0 Å². The predicted octanol–water partition coefficient (Wildman–Crippen LogP) is 3.07. The monoisotopic (exact) mass is 236 g/mol. The Labute approximate surface area is 99.5 Å². The van der Waals surface area contributed by atoms with E-state index in [2.05, 4.69) is 6.92 Å². The minimum Gasteiger partial charge on any atom is -0.369 e. The molecule has 4 heteroatoms. The first-order valence-corrected chi connectivity index (χ1v) is 5.80. The Morgan fingerprint density at radius 3 is 2.76 bits per heavy atom. The Bertz CT molecular complexity index is 465. The molecule has 1 saturated heterocycles. The summed E-state index contributed by atoms with van der Waals surface area (Å²) in [6.45, 7) is 3.61. The number of hydrogen-bond donors (Lipinski definition) is 0. The van der Waals surface area contributed by atoms with E-state index in [9.17, 15) is 8.78 Å². The maximum Gasteiger partial charge on any atom is 0.183 e. The zero-order valence-electron chi connectivity index (χ0n) is 9.71. The van der Waals surface area contributed by atoms with E-state index in [1.165, 1.54) is 12.1 Å². The molecule has 0 aromatic heterocycles. The zero-order chi connectivity index (χ0) is 12.4. The molecule has 1 aromatic carbocycles. The highest BCUT2D eigenvalue weighted by Crippen LogP contribution is 2.29. The van der Waals surface area contributed by atoms with Gasteiger partial charge in [0.25, 0.3) is 0 Å². The Hall–Kier alpha value is -1.63. The molecule has 0 amide bonds. The van der Waals surface area contributed by atoms with Gasteiger partial charge >= 0.3 is 0 Å². The lowest BCUT2D eigenvalue weighted by Crippen LogP contribution is -2.21. The summed E-state index contributed by atoms with van der Waals surface area (Å²) in [5, 5.41) is 8.61. The summed E-state index contributed by atoms with van der Waals surface area (Å²) in [6, 6.07) is 4.48. The van der Waals surface area contributed by atoms with Crippen LogP contribution in [0.2, 0.25) is 0 Å². The first-order chi connectivity index (χ1) is 8.17. The fourth-order valence-corrected chi connectivity index (χ4v) is 2.25. The van der Waals surface area contributed by atoms with Crippen LogP contribution in [0, 0.1) is 28.9 Å². The van der Waals surface area contributed by atoms with Gasteiger partial charge in [-0.25, -0.2) is 8.78 Å². The molecule has 1 aliphatic heterocycles. The van der Waals surface area contributed by atoms with E-state index in [1.54, 1.807) is 6.07 Å². The van der Waals surface area contributed by atoms with Crippen molar-refractivity contribution in [1.82, 2.24) is 0 Å². The number of nitriles is 1. The zero-order valence-corrected chi connectivity index (χ0v) is 9.71. The summed E-state index contributed by atoms with van der Waals surface area (Å²) in [4.78, 5) is 1.85. The molecule has 0 bridgehead atoms. The SMILES string of the molecule is CCC1CCN(c2ccc(C#N)c(F)c2F)C1. The predicted molar refractivity (Wildman–Crippen MR) is 61.7 cm³/mol. The summed E-state index contributed by atoms with van der Waals surface area (Å²) in [5.41, 5.74) is 0.0370. The molecule has 0 radical (unpaired) electrons. The average Bonchev–Trinajstić information content (AvgIpc) is 2.81. The molecule has 1 unspecified atom stereocenters. The molecule has 2 nitrogen and oxygen atoms in total. The van der Waals surface area contributed by atoms with Crippen molar-refractivity contribution < 1.29 is 8.78 Å². The van der Waals surface area contributed by atoms with Crippen molar-refractivity contribution in [2.45, 2.75) is 19.8 Å². The van der Waals surface area contributed by atoms with E-state index in [0.717, 1.165) is 25.9 Å². The molecule has 1 aromatic rings. The van der Waals surface area contributed by atoms with E-state index in [4.69, 9.17) is 5.26 Å². The van der Waals surface area contributed by atoms with Crippen LogP contribution >= 0.6 is 0 Å². The Morgan fingerprint density at radius 2 is 2.18 bits per heavy atom. The van der Waals surface area contributed by atoms with E-state index in [0.29, 0.717) is 5.92 Å². The maximum absolute atomic E-state index is 13.8. The third-order valence-electron chi connectivity index (χ3n) is 3.39. The molecule has 0 N–H and O–H groups in total. The van der Waals surface area contributed by atoms with Crippen molar-refractivity contribution in [3.8, 4) is 6.07 Å². The Balaban J connectivity index is 2.29. The fraction of sp³-hybridized carbons (Fsp3) is 0.462. The van der Waals surface area contributed by atoms with Crippen molar-refractivity contribution in [2.24, 2.45) is 5.92 Å². The van der Waals surface area contributed by atoms with Gasteiger partial charge in [-0.05, 0) is 24.5 Å². The molecule has 0 spiro atoms. The average molecular weight is 236 g/mol. The van der Waals surface area contributed by atoms with Crippen molar-refractivity contribution >= 4 is 5.69 Å². The van der Waals surface area contributed by atoms with Gasteiger partial charge in [-0.15, -0.1) is 0 Å². The first-order valence-electron chi connectivity index (χ1n) is 5.80. The van der Waals surface area contributed by atoms with E-state index < -0.39 is 11.6 Å². The van der Waals surface area contributed by atoms with Crippen LogP contribution in [-0.2, 0) is 0 Å². The molecule has 17 heavy (non-hydrogen) atoms. The summed E-state index contributed by atoms with van der Waals surface area (Å²) >= 11 is 0. The third kappa shape index (κ3) is 2.10. The van der Waals surface area contributed by atoms with Crippen LogP contribution in [0.1, 0.15) is 25.3 Å². The molecular formula is C13H14F2N2. The molecule has 2 rings (SSSR count). The second kappa shape index (κ2) is 4.70. The lowest BCUT2D eigenvalue weighted by molar-refractivity contribution is 0.504. The van der Waals surface area contributed by atoms with Gasteiger partial charge in [0.2, 0.25) is 0 Å². The van der Waals surface area contributed by atoms with Gasteiger partial charge in [-0.1, -0.05) is 13.3 Å². The lowest BCUT2D eigenvalue weighted by Gasteiger charge is -2.19. The summed E-state index contributed by atoms with van der Waals surface area (Å²) in [7, 11) is 0. The number of benzene rings is 1. The highest BCUT2D eigenvalue weighted by molar-refractivity contribution is 5.52. The smallest absolute Gasteiger partial charge is 0.183 e. The van der Waals surface area contributed by atoms with Crippen molar-refractivity contribution in [1.29, 1.82) is 5.26 Å². The Morgan fingerprint density at radius 1 is 1.41 bits per heavy atom. The van der Waals surface area contributed by atoms with E-state index >= 15 is 0 Å². The van der Waals surface area contributed by atoms with Gasteiger partial charge in [0, 0.05) is 13.1 Å². The number of halogens is 2. The van der Waals surface area contributed by atoms with Crippen LogP contribution in [-0.4, -0.2) is 13.1 Å². The van der Waals surface area contributed by atoms with Gasteiger partial charge in [-0.3, -0.25) is 0 Å². The van der Waals surface area contributed by atoms with Crippen LogP contribution in [0.15, 0.2) is 12.1 Å². The van der Waals surface area contributed by atoms with Crippen molar-refractivity contribution in [2.75, 3.05) is 18.0 Å². The van der Waals surface area contributed by atoms with Crippen molar-refractivity contribution in [3.05, 3.63) is 29.3 Å².